The van der Waals surface area contributed by atoms with Crippen molar-refractivity contribution in [3.63, 3.8) is 0 Å². The van der Waals surface area contributed by atoms with Gasteiger partial charge in [0.2, 0.25) is 0 Å². The number of unbranched alkanes of at least 4 members (excludes halogenated alkanes) is 18. The monoisotopic (exact) mass is 642 g/mol. The van der Waals surface area contributed by atoms with Crippen molar-refractivity contribution in [2.45, 2.75) is 187 Å². The van der Waals surface area contributed by atoms with Gasteiger partial charge >= 0.3 is 5.97 Å². The lowest BCUT2D eigenvalue weighted by Crippen LogP contribution is -2.20. The van der Waals surface area contributed by atoms with Gasteiger partial charge in [-0.25, -0.2) is 0 Å². The SMILES string of the molecule is CCCCC/C=C\C/C=C\CCCCCCCCC(CCCCCCCC/C=C\C/C=C\CCCCC)COC(=O)CCN(C)C. The summed E-state index contributed by atoms with van der Waals surface area (Å²) in [5, 5.41) is 0. The highest BCUT2D eigenvalue weighted by Gasteiger charge is 2.12. The van der Waals surface area contributed by atoms with Crippen LogP contribution in [-0.4, -0.2) is 38.1 Å². The van der Waals surface area contributed by atoms with Crippen molar-refractivity contribution in [1.82, 2.24) is 4.90 Å². The number of carbonyl (C=O) groups excluding carboxylic acids is 1. The van der Waals surface area contributed by atoms with Crippen molar-refractivity contribution in [2.24, 2.45) is 5.92 Å². The number of carbonyl (C=O) groups is 1. The highest BCUT2D eigenvalue weighted by atomic mass is 16.5. The second kappa shape index (κ2) is 37.8. The quantitative estimate of drug-likeness (QED) is 0.0392. The van der Waals surface area contributed by atoms with Crippen molar-refractivity contribution in [3.8, 4) is 0 Å². The Hall–Kier alpha value is -1.61. The van der Waals surface area contributed by atoms with Gasteiger partial charge in [0.05, 0.1) is 13.0 Å². The lowest BCUT2D eigenvalue weighted by atomic mass is 9.94. The van der Waals surface area contributed by atoms with E-state index in [2.05, 4.69) is 62.5 Å². The van der Waals surface area contributed by atoms with Gasteiger partial charge in [-0.2, -0.15) is 0 Å². The Morgan fingerprint density at radius 1 is 0.522 bits per heavy atom. The van der Waals surface area contributed by atoms with E-state index in [-0.39, 0.29) is 5.97 Å². The Bertz CT molecular complexity index is 687. The molecule has 0 fully saturated rings. The minimum Gasteiger partial charge on any atom is -0.465 e. The third-order valence-corrected chi connectivity index (χ3v) is 8.87. The molecule has 3 nitrogen and oxygen atoms in total. The van der Waals surface area contributed by atoms with E-state index in [1.807, 2.05) is 19.0 Å². The average Bonchev–Trinajstić information content (AvgIpc) is 3.05. The number of allylic oxidation sites excluding steroid dienone is 8. The van der Waals surface area contributed by atoms with Crippen LogP contribution < -0.4 is 0 Å². The van der Waals surface area contributed by atoms with Crippen LogP contribution in [-0.2, 0) is 9.53 Å². The van der Waals surface area contributed by atoms with Crippen LogP contribution in [0.4, 0.5) is 0 Å². The topological polar surface area (TPSA) is 29.5 Å². The number of rotatable bonds is 35. The van der Waals surface area contributed by atoms with Crippen LogP contribution >= 0.6 is 0 Å². The molecule has 0 unspecified atom stereocenters. The molecule has 0 aromatic carbocycles. The van der Waals surface area contributed by atoms with E-state index in [0.717, 1.165) is 19.4 Å². The molecule has 0 aromatic rings. The Morgan fingerprint density at radius 3 is 1.28 bits per heavy atom. The summed E-state index contributed by atoms with van der Waals surface area (Å²) in [4.78, 5) is 14.3. The zero-order valence-corrected chi connectivity index (χ0v) is 31.5. The van der Waals surface area contributed by atoms with E-state index >= 15 is 0 Å². The number of hydrogen-bond acceptors (Lipinski definition) is 3. The summed E-state index contributed by atoms with van der Waals surface area (Å²) >= 11 is 0. The summed E-state index contributed by atoms with van der Waals surface area (Å²) in [6.07, 6.45) is 52.6. The van der Waals surface area contributed by atoms with Crippen molar-refractivity contribution in [3.05, 3.63) is 48.6 Å². The van der Waals surface area contributed by atoms with Gasteiger partial charge in [-0.1, -0.05) is 152 Å². The van der Waals surface area contributed by atoms with E-state index in [1.165, 1.54) is 154 Å². The highest BCUT2D eigenvalue weighted by molar-refractivity contribution is 5.69. The molecule has 0 aliphatic rings. The van der Waals surface area contributed by atoms with Gasteiger partial charge in [0.1, 0.15) is 0 Å². The molecular weight excluding hydrogens is 562 g/mol. The lowest BCUT2D eigenvalue weighted by molar-refractivity contribution is -0.145. The molecule has 0 atom stereocenters. The standard InChI is InChI=1S/C43H79NO2/c1-5-7-9-11-13-15-17-19-21-23-25-27-29-31-33-35-37-42(41-46-43(45)39-40-44(3)4)38-36-34-32-30-28-26-24-22-20-18-16-14-12-10-8-6-2/h13-16,19-22,42H,5-12,17-18,23-41H2,1-4H3/b15-13-,16-14-,21-19-,22-20-. The molecule has 0 N–H and O–H groups in total. The molecule has 46 heavy (non-hydrogen) atoms. The Balaban J connectivity index is 4.00. The van der Waals surface area contributed by atoms with Gasteiger partial charge in [0, 0.05) is 6.54 Å². The minimum atomic E-state index is -0.0345. The number of esters is 1. The molecule has 268 valence electrons. The maximum Gasteiger partial charge on any atom is 0.307 e. The lowest BCUT2D eigenvalue weighted by Gasteiger charge is -2.18. The number of ether oxygens (including phenoxy) is 1. The maximum atomic E-state index is 12.2. The molecule has 0 radical (unpaired) electrons. The van der Waals surface area contributed by atoms with Gasteiger partial charge in [0.25, 0.3) is 0 Å². The summed E-state index contributed by atoms with van der Waals surface area (Å²) < 4.78 is 5.73. The molecule has 3 heteroatoms. The second-order valence-electron chi connectivity index (χ2n) is 13.8. The summed E-state index contributed by atoms with van der Waals surface area (Å²) in [6, 6.07) is 0. The first-order valence-electron chi connectivity index (χ1n) is 20.0. The van der Waals surface area contributed by atoms with Gasteiger partial charge < -0.3 is 9.64 Å². The molecular formula is C43H79NO2. The Kier molecular flexibility index (Phi) is 36.5. The average molecular weight is 642 g/mol. The predicted octanol–water partition coefficient (Wildman–Crippen LogP) is 13.5. The fourth-order valence-electron chi connectivity index (χ4n) is 5.75. The van der Waals surface area contributed by atoms with Crippen LogP contribution in [0.5, 0.6) is 0 Å². The number of hydrogen-bond donors (Lipinski definition) is 0. The van der Waals surface area contributed by atoms with Crippen LogP contribution in [0.25, 0.3) is 0 Å². The zero-order valence-electron chi connectivity index (χ0n) is 31.5. The second-order valence-corrected chi connectivity index (χ2v) is 13.8. The third-order valence-electron chi connectivity index (χ3n) is 8.87. The van der Waals surface area contributed by atoms with Gasteiger partial charge in [-0.3, -0.25) is 4.79 Å². The minimum absolute atomic E-state index is 0.0345. The summed E-state index contributed by atoms with van der Waals surface area (Å²) in [5.74, 6) is 0.493. The highest BCUT2D eigenvalue weighted by Crippen LogP contribution is 2.20. The summed E-state index contributed by atoms with van der Waals surface area (Å²) in [5.41, 5.74) is 0. The molecule has 0 saturated carbocycles. The van der Waals surface area contributed by atoms with Crippen LogP contribution in [0.2, 0.25) is 0 Å². The fourth-order valence-corrected chi connectivity index (χ4v) is 5.75. The predicted molar refractivity (Wildman–Crippen MR) is 206 cm³/mol. The van der Waals surface area contributed by atoms with Gasteiger partial charge in [-0.05, 0) is 97.1 Å². The summed E-state index contributed by atoms with van der Waals surface area (Å²) in [7, 11) is 4.01. The van der Waals surface area contributed by atoms with Crippen molar-refractivity contribution < 1.29 is 9.53 Å². The molecule has 0 heterocycles. The Labute approximate surface area is 288 Å². The molecule has 0 spiro atoms. The van der Waals surface area contributed by atoms with E-state index in [4.69, 9.17) is 4.74 Å². The molecule has 0 saturated heterocycles. The zero-order chi connectivity index (χ0) is 33.6. The van der Waals surface area contributed by atoms with E-state index in [9.17, 15) is 4.79 Å². The third kappa shape index (κ3) is 36.9. The Morgan fingerprint density at radius 2 is 0.891 bits per heavy atom. The van der Waals surface area contributed by atoms with Crippen molar-refractivity contribution in [2.75, 3.05) is 27.2 Å². The first-order valence-corrected chi connectivity index (χ1v) is 20.0. The fraction of sp³-hybridized carbons (Fsp3) is 0.791. The van der Waals surface area contributed by atoms with Gasteiger partial charge in [-0.15, -0.1) is 0 Å². The van der Waals surface area contributed by atoms with Crippen LogP contribution in [0.3, 0.4) is 0 Å². The van der Waals surface area contributed by atoms with Crippen molar-refractivity contribution in [1.29, 1.82) is 0 Å². The molecule has 0 aliphatic heterocycles. The van der Waals surface area contributed by atoms with E-state index < -0.39 is 0 Å². The smallest absolute Gasteiger partial charge is 0.307 e. The first kappa shape index (κ1) is 44.4. The van der Waals surface area contributed by atoms with Gasteiger partial charge in [0.15, 0.2) is 0 Å². The van der Waals surface area contributed by atoms with Crippen LogP contribution in [0.15, 0.2) is 48.6 Å². The summed E-state index contributed by atoms with van der Waals surface area (Å²) in [6.45, 7) is 5.91. The van der Waals surface area contributed by atoms with E-state index in [0.29, 0.717) is 18.9 Å². The molecule has 0 bridgehead atoms. The maximum absolute atomic E-state index is 12.2. The van der Waals surface area contributed by atoms with E-state index in [1.54, 1.807) is 0 Å². The first-order chi connectivity index (χ1) is 22.6. The molecule has 0 rings (SSSR count). The normalized spacial score (nSPS) is 12.4. The largest absolute Gasteiger partial charge is 0.465 e. The number of nitrogens with zero attached hydrogens (tertiary/aromatic N) is 1. The molecule has 0 amide bonds. The molecule has 0 aliphatic carbocycles. The van der Waals surface area contributed by atoms with Crippen LogP contribution in [0, 0.1) is 5.92 Å². The van der Waals surface area contributed by atoms with Crippen LogP contribution in [0.1, 0.15) is 187 Å². The van der Waals surface area contributed by atoms with Crippen molar-refractivity contribution >= 4 is 5.97 Å². The molecule has 0 aromatic heterocycles.